The van der Waals surface area contributed by atoms with Gasteiger partial charge in [0, 0.05) is 62.7 Å². The van der Waals surface area contributed by atoms with Gasteiger partial charge in [-0.3, -0.25) is 10.3 Å². The molecule has 1 aliphatic heterocycles. The second-order valence-corrected chi connectivity index (χ2v) is 9.58. The number of rotatable bonds is 7. The maximum atomic E-state index is 10.6. The van der Waals surface area contributed by atoms with Crippen molar-refractivity contribution in [1.82, 2.24) is 14.7 Å². The number of methoxy groups -OCH3 is 1. The van der Waals surface area contributed by atoms with E-state index in [1.807, 2.05) is 18.7 Å². The van der Waals surface area contributed by atoms with Crippen LogP contribution >= 0.6 is 0 Å². The van der Waals surface area contributed by atoms with Gasteiger partial charge in [0.2, 0.25) is 0 Å². The highest BCUT2D eigenvalue weighted by atomic mass is 16.5. The van der Waals surface area contributed by atoms with E-state index in [0.29, 0.717) is 23.1 Å². The standard InChI is InChI=1S/C25H40N4O3/c1-17(2)21-14-22(24(31)15-23(21)30)18(3)29(25(26)16-32-5)20-8-6-19(7-9-20)28-12-10-27(4)11-13-28/h14-15,17,19-20,26,30-31H,3,6-13,16H2,1-2,4-5H3. The van der Waals surface area contributed by atoms with Crippen LogP contribution in [-0.2, 0) is 4.74 Å². The smallest absolute Gasteiger partial charge is 0.128 e. The molecule has 0 spiro atoms. The molecule has 178 valence electrons. The van der Waals surface area contributed by atoms with Crippen LogP contribution < -0.4 is 0 Å². The van der Waals surface area contributed by atoms with Crippen molar-refractivity contribution in [2.24, 2.45) is 0 Å². The van der Waals surface area contributed by atoms with E-state index in [4.69, 9.17) is 10.1 Å². The van der Waals surface area contributed by atoms with Gasteiger partial charge in [0.1, 0.15) is 23.9 Å². The first kappa shape index (κ1) is 24.6. The first-order valence-electron chi connectivity index (χ1n) is 11.8. The first-order chi connectivity index (χ1) is 15.2. The summed E-state index contributed by atoms with van der Waals surface area (Å²) in [4.78, 5) is 6.95. The molecule has 0 bridgehead atoms. The highest BCUT2D eigenvalue weighted by molar-refractivity contribution is 5.90. The maximum absolute atomic E-state index is 10.6. The number of nitrogens with one attached hydrogen (secondary N) is 1. The number of hydrogen-bond donors (Lipinski definition) is 3. The molecule has 3 N–H and O–H groups in total. The SMILES string of the molecule is C=C(c1cc(C(C)C)c(O)cc1O)N(C(=N)COC)C1CCC(N2CCN(C)CC2)CC1. The van der Waals surface area contributed by atoms with Crippen molar-refractivity contribution in [1.29, 1.82) is 5.41 Å². The molecule has 0 amide bonds. The molecular formula is C25H40N4O3. The molecule has 1 saturated carbocycles. The summed E-state index contributed by atoms with van der Waals surface area (Å²) in [6.07, 6.45) is 4.13. The Bertz CT molecular complexity index is 810. The summed E-state index contributed by atoms with van der Waals surface area (Å²) in [5, 5.41) is 29.5. The Morgan fingerprint density at radius 2 is 1.75 bits per heavy atom. The number of aromatic hydroxyl groups is 2. The molecule has 7 nitrogen and oxygen atoms in total. The highest BCUT2D eigenvalue weighted by Crippen LogP contribution is 2.38. The van der Waals surface area contributed by atoms with Gasteiger partial charge in [-0.15, -0.1) is 0 Å². The zero-order chi connectivity index (χ0) is 23.4. The van der Waals surface area contributed by atoms with E-state index in [1.165, 1.54) is 6.07 Å². The van der Waals surface area contributed by atoms with Crippen molar-refractivity contribution in [2.45, 2.75) is 57.5 Å². The van der Waals surface area contributed by atoms with Crippen molar-refractivity contribution in [3.05, 3.63) is 29.8 Å². The van der Waals surface area contributed by atoms with Gasteiger partial charge in [0.15, 0.2) is 0 Å². The molecule has 2 fully saturated rings. The fourth-order valence-electron chi connectivity index (χ4n) is 5.10. The van der Waals surface area contributed by atoms with Gasteiger partial charge in [-0.2, -0.15) is 0 Å². The summed E-state index contributed by atoms with van der Waals surface area (Å²) in [6, 6.07) is 3.93. The first-order valence-corrected chi connectivity index (χ1v) is 11.8. The topological polar surface area (TPSA) is 83.3 Å². The monoisotopic (exact) mass is 444 g/mol. The van der Waals surface area contributed by atoms with Crippen LogP contribution in [0.25, 0.3) is 5.70 Å². The number of nitrogens with zero attached hydrogens (tertiary/aromatic N) is 3. The average molecular weight is 445 g/mol. The minimum Gasteiger partial charge on any atom is -0.508 e. The van der Waals surface area contributed by atoms with Crippen LogP contribution in [0.3, 0.4) is 0 Å². The molecule has 7 heteroatoms. The van der Waals surface area contributed by atoms with E-state index in [2.05, 4.69) is 23.4 Å². The van der Waals surface area contributed by atoms with Gasteiger partial charge in [-0.05, 0) is 50.3 Å². The molecule has 1 heterocycles. The van der Waals surface area contributed by atoms with Gasteiger partial charge in [0.25, 0.3) is 0 Å². The molecule has 1 saturated heterocycles. The Hall–Kier alpha value is -2.09. The quantitative estimate of drug-likeness (QED) is 0.440. The van der Waals surface area contributed by atoms with Crippen LogP contribution in [0.5, 0.6) is 11.5 Å². The molecule has 0 atom stereocenters. The van der Waals surface area contributed by atoms with Crippen molar-refractivity contribution in [3.8, 4) is 11.5 Å². The number of hydrogen-bond acceptors (Lipinski definition) is 6. The summed E-state index contributed by atoms with van der Waals surface area (Å²) in [5.41, 5.74) is 1.92. The van der Waals surface area contributed by atoms with E-state index >= 15 is 0 Å². The predicted molar refractivity (Wildman–Crippen MR) is 129 cm³/mol. The highest BCUT2D eigenvalue weighted by Gasteiger charge is 2.33. The predicted octanol–water partition coefficient (Wildman–Crippen LogP) is 3.68. The van der Waals surface area contributed by atoms with Crippen molar-refractivity contribution in [3.63, 3.8) is 0 Å². The zero-order valence-electron chi connectivity index (χ0n) is 20.1. The third-order valence-electron chi connectivity index (χ3n) is 7.03. The molecule has 2 aliphatic rings. The average Bonchev–Trinajstić information content (AvgIpc) is 2.75. The number of phenols is 2. The fraction of sp³-hybridized carbons (Fsp3) is 0.640. The summed E-state index contributed by atoms with van der Waals surface area (Å²) >= 11 is 0. The van der Waals surface area contributed by atoms with E-state index < -0.39 is 0 Å². The molecule has 0 aromatic heterocycles. The van der Waals surface area contributed by atoms with Crippen LogP contribution in [0.2, 0.25) is 0 Å². The Morgan fingerprint density at radius 3 is 2.31 bits per heavy atom. The second kappa shape index (κ2) is 10.7. The lowest BCUT2D eigenvalue weighted by atomic mass is 9.88. The van der Waals surface area contributed by atoms with Gasteiger partial charge in [-0.1, -0.05) is 20.4 Å². The summed E-state index contributed by atoms with van der Waals surface area (Å²) in [5.74, 6) is 0.519. The molecule has 0 radical (unpaired) electrons. The maximum Gasteiger partial charge on any atom is 0.128 e. The molecule has 1 aromatic rings. The van der Waals surface area contributed by atoms with Gasteiger partial charge < -0.3 is 24.7 Å². The largest absolute Gasteiger partial charge is 0.508 e. The lowest BCUT2D eigenvalue weighted by Gasteiger charge is -2.44. The number of piperazine rings is 1. The second-order valence-electron chi connectivity index (χ2n) is 9.58. The van der Waals surface area contributed by atoms with Crippen molar-refractivity contribution in [2.75, 3.05) is 46.9 Å². The molecule has 3 rings (SSSR count). The van der Waals surface area contributed by atoms with Gasteiger partial charge >= 0.3 is 0 Å². The summed E-state index contributed by atoms with van der Waals surface area (Å²) in [7, 11) is 3.78. The number of phenolic OH excluding ortho intramolecular Hbond substituents is 2. The van der Waals surface area contributed by atoms with Gasteiger partial charge in [0.05, 0.1) is 0 Å². The van der Waals surface area contributed by atoms with Crippen molar-refractivity contribution < 1.29 is 14.9 Å². The summed E-state index contributed by atoms with van der Waals surface area (Å²) in [6.45, 7) is 13.0. The van der Waals surface area contributed by atoms with Gasteiger partial charge in [-0.25, -0.2) is 0 Å². The van der Waals surface area contributed by atoms with Crippen LogP contribution in [0.15, 0.2) is 18.7 Å². The number of ether oxygens (including phenoxy) is 1. The molecule has 0 unspecified atom stereocenters. The van der Waals surface area contributed by atoms with Crippen LogP contribution in [-0.4, -0.2) is 89.8 Å². The van der Waals surface area contributed by atoms with E-state index in [1.54, 1.807) is 13.2 Å². The zero-order valence-corrected chi connectivity index (χ0v) is 20.1. The third-order valence-corrected chi connectivity index (χ3v) is 7.03. The lowest BCUT2D eigenvalue weighted by molar-refractivity contribution is 0.0801. The fourth-order valence-corrected chi connectivity index (χ4v) is 5.10. The van der Waals surface area contributed by atoms with Crippen molar-refractivity contribution >= 4 is 11.5 Å². The van der Waals surface area contributed by atoms with E-state index in [-0.39, 0.29) is 30.1 Å². The number of likely N-dealkylation sites (N-methyl/N-ethyl adjacent to an activating group) is 1. The minimum atomic E-state index is -0.0155. The van der Waals surface area contributed by atoms with E-state index in [0.717, 1.165) is 57.4 Å². The third kappa shape index (κ3) is 5.45. The molecule has 1 aliphatic carbocycles. The number of benzene rings is 1. The Balaban J connectivity index is 1.78. The summed E-state index contributed by atoms with van der Waals surface area (Å²) < 4.78 is 5.28. The lowest BCUT2D eigenvalue weighted by Crippen LogP contribution is -2.51. The Kier molecular flexibility index (Phi) is 8.20. The van der Waals surface area contributed by atoms with Crippen LogP contribution in [0, 0.1) is 5.41 Å². The minimum absolute atomic E-state index is 0.0155. The number of amidine groups is 1. The normalized spacial score (nSPS) is 22.8. The van der Waals surface area contributed by atoms with E-state index in [9.17, 15) is 10.2 Å². The Morgan fingerprint density at radius 1 is 1.12 bits per heavy atom. The molecule has 1 aromatic carbocycles. The molecule has 32 heavy (non-hydrogen) atoms. The molecular weight excluding hydrogens is 404 g/mol. The van der Waals surface area contributed by atoms with Crippen LogP contribution in [0.1, 0.15) is 56.6 Å². The van der Waals surface area contributed by atoms with Crippen LogP contribution in [0.4, 0.5) is 0 Å². The Labute approximate surface area is 192 Å².